The average molecular weight is 297 g/mol. The molecule has 0 aliphatic rings. The molecule has 88 valence electrons. The quantitative estimate of drug-likeness (QED) is 0.733. The van der Waals surface area contributed by atoms with Gasteiger partial charge >= 0.3 is 5.97 Å². The first-order chi connectivity index (χ1) is 7.36. The first kappa shape index (κ1) is 13.0. The molecule has 0 amide bonds. The lowest BCUT2D eigenvalue weighted by molar-refractivity contribution is -0.153. The highest BCUT2D eigenvalue weighted by Gasteiger charge is 2.30. The Morgan fingerprint density at radius 1 is 1.31 bits per heavy atom. The van der Waals surface area contributed by atoms with Gasteiger partial charge in [-0.1, -0.05) is 0 Å². The molecular weight excluding hydrogens is 290 g/mol. The largest absolute Gasteiger partial charge is 0.479 e. The van der Waals surface area contributed by atoms with Crippen LogP contribution in [0.3, 0.4) is 0 Å². The van der Waals surface area contributed by atoms with Gasteiger partial charge in [-0.2, -0.15) is 0 Å². The van der Waals surface area contributed by atoms with Crippen molar-refractivity contribution in [3.05, 3.63) is 33.8 Å². The molecule has 0 radical (unpaired) electrons. The fourth-order valence-electron chi connectivity index (χ4n) is 1.11. The third-order valence-electron chi connectivity index (χ3n) is 1.93. The first-order valence-corrected chi connectivity index (χ1v) is 4.88. The van der Waals surface area contributed by atoms with Gasteiger partial charge in [-0.05, 0) is 28.1 Å². The molecule has 2 unspecified atom stereocenters. The van der Waals surface area contributed by atoms with E-state index in [1.54, 1.807) is 0 Å². The minimum Gasteiger partial charge on any atom is -0.479 e. The van der Waals surface area contributed by atoms with Crippen LogP contribution in [-0.4, -0.2) is 27.4 Å². The van der Waals surface area contributed by atoms with Crippen LogP contribution < -0.4 is 0 Å². The summed E-state index contributed by atoms with van der Waals surface area (Å²) < 4.78 is 26.4. The highest BCUT2D eigenvalue weighted by atomic mass is 79.9. The van der Waals surface area contributed by atoms with Crippen molar-refractivity contribution in [2.45, 2.75) is 12.2 Å². The van der Waals surface area contributed by atoms with Crippen LogP contribution in [0.1, 0.15) is 11.7 Å². The summed E-state index contributed by atoms with van der Waals surface area (Å²) in [6.45, 7) is 0. The van der Waals surface area contributed by atoms with Crippen molar-refractivity contribution in [1.29, 1.82) is 0 Å². The number of aliphatic hydroxyl groups is 2. The Morgan fingerprint density at radius 3 is 2.38 bits per heavy atom. The summed E-state index contributed by atoms with van der Waals surface area (Å²) in [7, 11) is 0. The second-order valence-corrected chi connectivity index (χ2v) is 3.84. The minimum absolute atomic E-state index is 0.138. The summed E-state index contributed by atoms with van der Waals surface area (Å²) in [5, 5.41) is 26.7. The van der Waals surface area contributed by atoms with Gasteiger partial charge in [0.2, 0.25) is 0 Å². The third kappa shape index (κ3) is 2.37. The van der Waals surface area contributed by atoms with Crippen LogP contribution >= 0.6 is 15.9 Å². The van der Waals surface area contributed by atoms with Crippen LogP contribution in [0.4, 0.5) is 8.78 Å². The molecule has 0 aliphatic heterocycles. The number of aliphatic carboxylic acids is 1. The molecule has 3 N–H and O–H groups in total. The number of hydrogen-bond donors (Lipinski definition) is 3. The highest BCUT2D eigenvalue weighted by molar-refractivity contribution is 9.10. The molecule has 0 saturated carbocycles. The molecular formula is C9H7BrF2O4. The molecule has 0 saturated heterocycles. The maximum absolute atomic E-state index is 13.4. The Labute approximate surface area is 97.3 Å². The molecule has 7 heteroatoms. The molecule has 1 aromatic carbocycles. The molecule has 4 nitrogen and oxygen atoms in total. The van der Waals surface area contributed by atoms with Gasteiger partial charge in [0.05, 0.1) is 10.0 Å². The zero-order valence-electron chi connectivity index (χ0n) is 7.69. The van der Waals surface area contributed by atoms with Gasteiger partial charge in [-0.25, -0.2) is 13.6 Å². The van der Waals surface area contributed by atoms with E-state index in [9.17, 15) is 18.7 Å². The number of aliphatic hydroxyl groups excluding tert-OH is 2. The van der Waals surface area contributed by atoms with E-state index in [1.807, 2.05) is 0 Å². The molecule has 1 rings (SSSR count). The van der Waals surface area contributed by atoms with Gasteiger partial charge < -0.3 is 15.3 Å². The Hall–Kier alpha value is -1.05. The normalized spacial score (nSPS) is 14.6. The summed E-state index contributed by atoms with van der Waals surface area (Å²) in [5.41, 5.74) is -0.885. The van der Waals surface area contributed by atoms with E-state index in [2.05, 4.69) is 15.9 Å². The maximum Gasteiger partial charge on any atom is 0.335 e. The van der Waals surface area contributed by atoms with Crippen molar-refractivity contribution in [2.75, 3.05) is 0 Å². The minimum atomic E-state index is -2.29. The van der Waals surface area contributed by atoms with Crippen molar-refractivity contribution in [3.8, 4) is 0 Å². The summed E-state index contributed by atoms with van der Waals surface area (Å²) in [5.74, 6) is -4.05. The summed E-state index contributed by atoms with van der Waals surface area (Å²) >= 11 is 2.75. The zero-order chi connectivity index (χ0) is 12.5. The number of hydrogen-bond acceptors (Lipinski definition) is 3. The average Bonchev–Trinajstić information content (AvgIpc) is 2.22. The van der Waals surface area contributed by atoms with Crippen LogP contribution in [0, 0.1) is 11.6 Å². The first-order valence-electron chi connectivity index (χ1n) is 4.08. The molecule has 0 aromatic heterocycles. The van der Waals surface area contributed by atoms with E-state index < -0.39 is 35.4 Å². The van der Waals surface area contributed by atoms with Crippen LogP contribution in [0.25, 0.3) is 0 Å². The van der Waals surface area contributed by atoms with Crippen molar-refractivity contribution < 1.29 is 28.9 Å². The summed E-state index contributed by atoms with van der Waals surface area (Å²) in [6.07, 6.45) is -4.46. The molecule has 2 atom stereocenters. The van der Waals surface area contributed by atoms with Gasteiger partial charge in [0.1, 0.15) is 17.7 Å². The second-order valence-electron chi connectivity index (χ2n) is 2.98. The predicted molar refractivity (Wildman–Crippen MR) is 52.7 cm³/mol. The fraction of sp³-hybridized carbons (Fsp3) is 0.222. The smallest absolute Gasteiger partial charge is 0.335 e. The number of halogens is 3. The number of benzene rings is 1. The molecule has 0 spiro atoms. The summed E-state index contributed by atoms with van der Waals surface area (Å²) in [6, 6.07) is 1.91. The van der Waals surface area contributed by atoms with E-state index >= 15 is 0 Å². The Bertz CT molecular complexity index is 424. The van der Waals surface area contributed by atoms with E-state index in [-0.39, 0.29) is 4.47 Å². The maximum atomic E-state index is 13.4. The van der Waals surface area contributed by atoms with Gasteiger partial charge in [0, 0.05) is 0 Å². The fourth-order valence-corrected chi connectivity index (χ4v) is 1.45. The van der Waals surface area contributed by atoms with Crippen LogP contribution in [0.5, 0.6) is 0 Å². The lowest BCUT2D eigenvalue weighted by Crippen LogP contribution is -2.28. The van der Waals surface area contributed by atoms with Crippen LogP contribution in [-0.2, 0) is 4.79 Å². The lowest BCUT2D eigenvalue weighted by Gasteiger charge is -2.16. The second kappa shape index (κ2) is 4.86. The molecule has 16 heavy (non-hydrogen) atoms. The van der Waals surface area contributed by atoms with Gasteiger partial charge in [-0.15, -0.1) is 0 Å². The van der Waals surface area contributed by atoms with Gasteiger partial charge in [-0.3, -0.25) is 0 Å². The van der Waals surface area contributed by atoms with Crippen molar-refractivity contribution in [2.24, 2.45) is 0 Å². The standard InChI is InChI=1S/C9H7BrF2O4/c10-3-1-2-4(11)5(6(3)12)7(13)8(14)9(15)16/h1-2,7-8,13-14H,(H,15,16). The summed E-state index contributed by atoms with van der Waals surface area (Å²) in [4.78, 5) is 10.4. The van der Waals surface area contributed by atoms with Gasteiger partial charge in [0.15, 0.2) is 6.10 Å². The molecule has 0 bridgehead atoms. The van der Waals surface area contributed by atoms with Crippen LogP contribution in [0.15, 0.2) is 16.6 Å². The topological polar surface area (TPSA) is 77.8 Å². The van der Waals surface area contributed by atoms with Crippen LogP contribution in [0.2, 0.25) is 0 Å². The van der Waals surface area contributed by atoms with E-state index in [0.717, 1.165) is 12.1 Å². The van der Waals surface area contributed by atoms with E-state index in [0.29, 0.717) is 0 Å². The number of carboxylic acids is 1. The number of carbonyl (C=O) groups is 1. The monoisotopic (exact) mass is 296 g/mol. The SMILES string of the molecule is O=C(O)C(O)C(O)c1c(F)ccc(Br)c1F. The Kier molecular flexibility index (Phi) is 3.95. The highest BCUT2D eigenvalue weighted by Crippen LogP contribution is 2.28. The Morgan fingerprint density at radius 2 is 1.88 bits per heavy atom. The Balaban J connectivity index is 3.22. The van der Waals surface area contributed by atoms with Crippen molar-refractivity contribution >= 4 is 21.9 Å². The lowest BCUT2D eigenvalue weighted by atomic mass is 10.0. The molecule has 0 heterocycles. The number of rotatable bonds is 3. The van der Waals surface area contributed by atoms with Crippen molar-refractivity contribution in [3.63, 3.8) is 0 Å². The molecule has 0 fully saturated rings. The molecule has 1 aromatic rings. The molecule has 0 aliphatic carbocycles. The van der Waals surface area contributed by atoms with E-state index in [1.165, 1.54) is 0 Å². The van der Waals surface area contributed by atoms with Crippen molar-refractivity contribution in [1.82, 2.24) is 0 Å². The number of carboxylic acid groups (broad SMARTS) is 1. The predicted octanol–water partition coefficient (Wildman–Crippen LogP) is 1.21. The zero-order valence-corrected chi connectivity index (χ0v) is 9.28. The van der Waals surface area contributed by atoms with E-state index in [4.69, 9.17) is 10.2 Å². The third-order valence-corrected chi connectivity index (χ3v) is 2.54. The van der Waals surface area contributed by atoms with Gasteiger partial charge in [0.25, 0.3) is 0 Å².